The average Bonchev–Trinajstić information content (AvgIpc) is 3.01. The van der Waals surface area contributed by atoms with Gasteiger partial charge in [0.1, 0.15) is 5.75 Å². The molecule has 1 aliphatic carbocycles. The maximum atomic E-state index is 5.28. The zero-order chi connectivity index (χ0) is 16.1. The van der Waals surface area contributed by atoms with Gasteiger partial charge in [0.15, 0.2) is 5.96 Å². The maximum Gasteiger partial charge on any atom is 0.193 e. The van der Waals surface area contributed by atoms with Crippen molar-refractivity contribution in [1.29, 1.82) is 0 Å². The molecule has 2 fully saturated rings. The van der Waals surface area contributed by atoms with Gasteiger partial charge in [0.05, 0.1) is 7.11 Å². The predicted octanol–water partition coefficient (Wildman–Crippen LogP) is 3.08. The molecule has 1 heterocycles. The van der Waals surface area contributed by atoms with Gasteiger partial charge in [-0.2, -0.15) is 0 Å². The van der Waals surface area contributed by atoms with Crippen LogP contribution in [0.15, 0.2) is 29.3 Å². The number of methoxy groups -OCH3 is 1. The minimum atomic E-state index is 0.623. The zero-order valence-electron chi connectivity index (χ0n) is 14.5. The Labute approximate surface area is 139 Å². The fourth-order valence-corrected chi connectivity index (χ4v) is 3.85. The van der Waals surface area contributed by atoms with E-state index < -0.39 is 0 Å². The molecule has 23 heavy (non-hydrogen) atoms. The van der Waals surface area contributed by atoms with Crippen molar-refractivity contribution in [3.63, 3.8) is 0 Å². The van der Waals surface area contributed by atoms with Crippen molar-refractivity contribution < 1.29 is 4.74 Å². The fraction of sp³-hybridized carbons (Fsp3) is 0.632. The number of aryl methyl sites for hydroxylation is 1. The number of rotatable bonds is 5. The molecule has 0 radical (unpaired) electrons. The highest BCUT2D eigenvalue weighted by atomic mass is 16.5. The van der Waals surface area contributed by atoms with E-state index in [1.54, 1.807) is 7.11 Å². The van der Waals surface area contributed by atoms with Crippen LogP contribution in [-0.2, 0) is 6.42 Å². The molecule has 1 N–H and O–H groups in total. The number of aliphatic imine (C=N–C) groups is 1. The third-order valence-electron chi connectivity index (χ3n) is 5.42. The quantitative estimate of drug-likeness (QED) is 0.515. The Morgan fingerprint density at radius 1 is 1.35 bits per heavy atom. The second kappa shape index (κ2) is 7.24. The minimum absolute atomic E-state index is 0.623. The lowest BCUT2D eigenvalue weighted by Gasteiger charge is -2.38. The summed E-state index contributed by atoms with van der Waals surface area (Å²) in [5.74, 6) is 2.02. The van der Waals surface area contributed by atoms with E-state index in [1.807, 2.05) is 13.1 Å². The molecule has 1 aromatic rings. The van der Waals surface area contributed by atoms with Crippen molar-refractivity contribution in [3.8, 4) is 5.75 Å². The van der Waals surface area contributed by atoms with Gasteiger partial charge in [-0.1, -0.05) is 18.6 Å². The first kappa shape index (κ1) is 16.2. The largest absolute Gasteiger partial charge is 0.497 e. The first-order chi connectivity index (χ1) is 11.2. The van der Waals surface area contributed by atoms with Crippen LogP contribution in [0.4, 0.5) is 0 Å². The molecule has 0 bridgehead atoms. The molecule has 1 aromatic carbocycles. The average molecular weight is 315 g/mol. The summed E-state index contributed by atoms with van der Waals surface area (Å²) in [6.07, 6.45) is 7.75. The first-order valence-electron chi connectivity index (χ1n) is 8.83. The first-order valence-corrected chi connectivity index (χ1v) is 8.83. The van der Waals surface area contributed by atoms with Crippen LogP contribution in [0.1, 0.15) is 37.7 Å². The third-order valence-corrected chi connectivity index (χ3v) is 5.42. The number of nitrogens with zero attached hydrogens (tertiary/aromatic N) is 2. The van der Waals surface area contributed by atoms with E-state index in [0.717, 1.165) is 37.6 Å². The number of nitrogens with one attached hydrogen (secondary N) is 1. The lowest BCUT2D eigenvalue weighted by molar-refractivity contribution is 0.151. The highest BCUT2D eigenvalue weighted by Crippen LogP contribution is 2.47. The highest BCUT2D eigenvalue weighted by molar-refractivity contribution is 5.80. The summed E-state index contributed by atoms with van der Waals surface area (Å²) in [6.45, 7) is 3.32. The molecule has 1 spiro atoms. The van der Waals surface area contributed by atoms with Gasteiger partial charge in [-0.05, 0) is 55.2 Å². The Hall–Kier alpha value is -1.71. The Morgan fingerprint density at radius 3 is 2.87 bits per heavy atom. The number of hydrogen-bond donors (Lipinski definition) is 1. The number of ether oxygens (including phenoxy) is 1. The number of benzene rings is 1. The number of guanidine groups is 1. The SMILES string of the molecule is CN=C(NCCCc1cccc(OC)c1)N1CCC2(CCC2)C1. The van der Waals surface area contributed by atoms with Gasteiger partial charge < -0.3 is 15.0 Å². The van der Waals surface area contributed by atoms with Crippen LogP contribution in [0.3, 0.4) is 0 Å². The van der Waals surface area contributed by atoms with Crippen LogP contribution < -0.4 is 10.1 Å². The monoisotopic (exact) mass is 315 g/mol. The van der Waals surface area contributed by atoms with E-state index in [2.05, 4.69) is 33.4 Å². The van der Waals surface area contributed by atoms with Crippen LogP contribution in [0.5, 0.6) is 5.75 Å². The lowest BCUT2D eigenvalue weighted by Crippen LogP contribution is -2.42. The van der Waals surface area contributed by atoms with Crippen molar-refractivity contribution in [2.45, 2.75) is 38.5 Å². The van der Waals surface area contributed by atoms with Crippen molar-refractivity contribution in [3.05, 3.63) is 29.8 Å². The van der Waals surface area contributed by atoms with Crippen molar-refractivity contribution in [2.75, 3.05) is 33.8 Å². The second-order valence-electron chi connectivity index (χ2n) is 6.95. The van der Waals surface area contributed by atoms with Crippen molar-refractivity contribution >= 4 is 5.96 Å². The summed E-state index contributed by atoms with van der Waals surface area (Å²) < 4.78 is 5.28. The molecule has 1 saturated carbocycles. The van der Waals surface area contributed by atoms with E-state index in [-0.39, 0.29) is 0 Å². The fourth-order valence-electron chi connectivity index (χ4n) is 3.85. The summed E-state index contributed by atoms with van der Waals surface area (Å²) in [5, 5.41) is 3.54. The Balaban J connectivity index is 1.42. The summed E-state index contributed by atoms with van der Waals surface area (Å²) in [5.41, 5.74) is 1.95. The number of likely N-dealkylation sites (tertiary alicyclic amines) is 1. The topological polar surface area (TPSA) is 36.9 Å². The van der Waals surface area contributed by atoms with Gasteiger partial charge in [0.2, 0.25) is 0 Å². The molecule has 1 aliphatic heterocycles. The molecule has 4 nitrogen and oxygen atoms in total. The standard InChI is InChI=1S/C19H29N3O/c1-20-18(22-13-11-19(15-22)9-5-10-19)21-12-4-7-16-6-3-8-17(14-16)23-2/h3,6,8,14H,4-5,7,9-13,15H2,1-2H3,(H,20,21). The van der Waals surface area contributed by atoms with Gasteiger partial charge in [-0.15, -0.1) is 0 Å². The summed E-state index contributed by atoms with van der Waals surface area (Å²) in [4.78, 5) is 6.93. The van der Waals surface area contributed by atoms with E-state index in [0.29, 0.717) is 5.41 Å². The smallest absolute Gasteiger partial charge is 0.193 e. The predicted molar refractivity (Wildman–Crippen MR) is 95.2 cm³/mol. The van der Waals surface area contributed by atoms with E-state index in [4.69, 9.17) is 4.74 Å². The second-order valence-corrected chi connectivity index (χ2v) is 6.95. The van der Waals surface area contributed by atoms with Gasteiger partial charge in [0.25, 0.3) is 0 Å². The Bertz CT molecular complexity index is 551. The normalized spacial score (nSPS) is 19.7. The van der Waals surface area contributed by atoms with Gasteiger partial charge in [-0.25, -0.2) is 0 Å². The molecular weight excluding hydrogens is 286 g/mol. The molecule has 2 aliphatic rings. The molecule has 0 amide bonds. The Morgan fingerprint density at radius 2 is 2.22 bits per heavy atom. The summed E-state index contributed by atoms with van der Waals surface area (Å²) in [6, 6.07) is 8.34. The summed E-state index contributed by atoms with van der Waals surface area (Å²) >= 11 is 0. The maximum absolute atomic E-state index is 5.28. The van der Waals surface area contributed by atoms with E-state index in [1.165, 1.54) is 37.8 Å². The molecule has 0 unspecified atom stereocenters. The van der Waals surface area contributed by atoms with E-state index >= 15 is 0 Å². The highest BCUT2D eigenvalue weighted by Gasteiger charge is 2.43. The Kier molecular flexibility index (Phi) is 5.09. The minimum Gasteiger partial charge on any atom is -0.497 e. The zero-order valence-corrected chi connectivity index (χ0v) is 14.5. The molecule has 0 aromatic heterocycles. The van der Waals surface area contributed by atoms with Gasteiger partial charge >= 0.3 is 0 Å². The third kappa shape index (κ3) is 3.80. The molecule has 0 atom stereocenters. The van der Waals surface area contributed by atoms with Crippen LogP contribution >= 0.6 is 0 Å². The van der Waals surface area contributed by atoms with Crippen LogP contribution in [0, 0.1) is 5.41 Å². The van der Waals surface area contributed by atoms with Crippen LogP contribution in [-0.4, -0.2) is 44.7 Å². The molecular formula is C19H29N3O. The molecule has 1 saturated heterocycles. The van der Waals surface area contributed by atoms with Gasteiger partial charge in [-0.3, -0.25) is 4.99 Å². The van der Waals surface area contributed by atoms with E-state index in [9.17, 15) is 0 Å². The molecule has 3 rings (SSSR count). The van der Waals surface area contributed by atoms with Crippen molar-refractivity contribution in [1.82, 2.24) is 10.2 Å². The van der Waals surface area contributed by atoms with Gasteiger partial charge in [0, 0.05) is 26.7 Å². The van der Waals surface area contributed by atoms with Crippen LogP contribution in [0.25, 0.3) is 0 Å². The van der Waals surface area contributed by atoms with Crippen LogP contribution in [0.2, 0.25) is 0 Å². The molecule has 4 heteroatoms. The number of hydrogen-bond acceptors (Lipinski definition) is 2. The lowest BCUT2D eigenvalue weighted by atomic mass is 9.68. The molecule has 126 valence electrons. The van der Waals surface area contributed by atoms with Crippen molar-refractivity contribution in [2.24, 2.45) is 10.4 Å². The summed E-state index contributed by atoms with van der Waals surface area (Å²) in [7, 11) is 3.62.